The number of ether oxygens (including phenoxy) is 1. The van der Waals surface area contributed by atoms with Gasteiger partial charge in [-0.05, 0) is 34.9 Å². The maximum Gasteiger partial charge on any atom is 0.122 e. The molecule has 0 aliphatic carbocycles. The lowest BCUT2D eigenvalue weighted by Crippen LogP contribution is -1.91. The Morgan fingerprint density at radius 3 is 2.33 bits per heavy atom. The number of fused-ring (bicyclic) bond motifs is 1. The van der Waals surface area contributed by atoms with Gasteiger partial charge in [0.25, 0.3) is 0 Å². The molecule has 0 bridgehead atoms. The van der Waals surface area contributed by atoms with Gasteiger partial charge >= 0.3 is 0 Å². The maximum atomic E-state index is 5.41. The van der Waals surface area contributed by atoms with Crippen molar-refractivity contribution in [2.75, 3.05) is 7.11 Å². The van der Waals surface area contributed by atoms with Crippen LogP contribution in [-0.2, 0) is 6.42 Å². The van der Waals surface area contributed by atoms with E-state index < -0.39 is 0 Å². The number of benzene rings is 2. The number of aryl methyl sites for hydroxylation is 1. The Bertz CT molecular complexity index is 460. The summed E-state index contributed by atoms with van der Waals surface area (Å²) in [6, 6.07) is 12.8. The van der Waals surface area contributed by atoms with Crippen LogP contribution in [0.15, 0.2) is 36.4 Å². The van der Waals surface area contributed by atoms with E-state index in [2.05, 4.69) is 43.3 Å². The zero-order valence-corrected chi connectivity index (χ0v) is 9.29. The summed E-state index contributed by atoms with van der Waals surface area (Å²) < 4.78 is 5.41. The fraction of sp³-hybridized carbons (Fsp3) is 0.286. The van der Waals surface area contributed by atoms with E-state index in [1.807, 2.05) is 0 Å². The van der Waals surface area contributed by atoms with Crippen LogP contribution in [0.3, 0.4) is 0 Å². The number of hydrogen-bond acceptors (Lipinski definition) is 1. The highest BCUT2D eigenvalue weighted by molar-refractivity contribution is 5.85. The van der Waals surface area contributed by atoms with Crippen molar-refractivity contribution in [3.8, 4) is 5.75 Å². The number of methoxy groups -OCH3 is 1. The van der Waals surface area contributed by atoms with Crippen molar-refractivity contribution >= 4 is 10.8 Å². The Balaban J connectivity index is 2.58. The van der Waals surface area contributed by atoms with E-state index in [1.165, 1.54) is 16.3 Å². The van der Waals surface area contributed by atoms with Crippen LogP contribution >= 0.6 is 0 Å². The molecule has 0 N–H and O–H groups in total. The van der Waals surface area contributed by atoms with Gasteiger partial charge in [-0.3, -0.25) is 0 Å². The van der Waals surface area contributed by atoms with Gasteiger partial charge in [0.2, 0.25) is 0 Å². The molecule has 0 amide bonds. The monoisotopic (exact) mass is 200 g/mol. The van der Waals surface area contributed by atoms with Crippen molar-refractivity contribution in [2.45, 2.75) is 19.8 Å². The molecule has 0 fully saturated rings. The van der Waals surface area contributed by atoms with Crippen LogP contribution in [-0.4, -0.2) is 7.11 Å². The van der Waals surface area contributed by atoms with Crippen LogP contribution in [0.2, 0.25) is 0 Å². The molecule has 2 aromatic carbocycles. The second-order valence-corrected chi connectivity index (χ2v) is 3.76. The molecule has 0 heterocycles. The molecule has 15 heavy (non-hydrogen) atoms. The lowest BCUT2D eigenvalue weighted by Gasteiger charge is -2.09. The van der Waals surface area contributed by atoms with Crippen molar-refractivity contribution in [1.82, 2.24) is 0 Å². The minimum atomic E-state index is 1.01. The second kappa shape index (κ2) is 4.35. The first-order chi connectivity index (χ1) is 7.35. The predicted molar refractivity (Wildman–Crippen MR) is 64.5 cm³/mol. The Kier molecular flexibility index (Phi) is 2.91. The molecular formula is C14H16O. The normalized spacial score (nSPS) is 10.5. The van der Waals surface area contributed by atoms with E-state index in [1.54, 1.807) is 7.11 Å². The molecule has 78 valence electrons. The summed E-state index contributed by atoms with van der Waals surface area (Å²) in [5.74, 6) is 1.01. The van der Waals surface area contributed by atoms with E-state index >= 15 is 0 Å². The minimum absolute atomic E-state index is 1.01. The summed E-state index contributed by atoms with van der Waals surface area (Å²) in [5, 5.41) is 2.54. The van der Waals surface area contributed by atoms with Gasteiger partial charge in [-0.15, -0.1) is 0 Å². The first-order valence-electron chi connectivity index (χ1n) is 5.41. The molecule has 0 aliphatic rings. The molecule has 0 radical (unpaired) electrons. The summed E-state index contributed by atoms with van der Waals surface area (Å²) in [5.41, 5.74) is 1.30. The first-order valence-corrected chi connectivity index (χ1v) is 5.41. The average molecular weight is 200 g/mol. The van der Waals surface area contributed by atoms with Crippen LogP contribution < -0.4 is 4.74 Å². The molecule has 1 heteroatoms. The zero-order chi connectivity index (χ0) is 10.7. The van der Waals surface area contributed by atoms with Gasteiger partial charge in [-0.25, -0.2) is 0 Å². The summed E-state index contributed by atoms with van der Waals surface area (Å²) in [7, 11) is 1.74. The molecule has 0 spiro atoms. The van der Waals surface area contributed by atoms with Crippen LogP contribution in [0.4, 0.5) is 0 Å². The largest absolute Gasteiger partial charge is 0.496 e. The summed E-state index contributed by atoms with van der Waals surface area (Å²) in [4.78, 5) is 0. The molecule has 0 aromatic heterocycles. The summed E-state index contributed by atoms with van der Waals surface area (Å²) in [6.45, 7) is 2.19. The van der Waals surface area contributed by atoms with Crippen molar-refractivity contribution in [3.05, 3.63) is 42.0 Å². The molecule has 0 saturated heterocycles. The Hall–Kier alpha value is -1.50. The van der Waals surface area contributed by atoms with E-state index in [-0.39, 0.29) is 0 Å². The standard InChI is InChI=1S/C14H16O/c1-3-6-13-9-11-7-4-5-8-12(11)10-14(13)15-2/h4-5,7-10H,3,6H2,1-2H3. The first kappa shape index (κ1) is 10.0. The lowest BCUT2D eigenvalue weighted by atomic mass is 10.0. The summed E-state index contributed by atoms with van der Waals surface area (Å²) >= 11 is 0. The van der Waals surface area contributed by atoms with Gasteiger partial charge in [-0.2, -0.15) is 0 Å². The average Bonchev–Trinajstić information content (AvgIpc) is 2.28. The van der Waals surface area contributed by atoms with E-state index in [0.717, 1.165) is 18.6 Å². The third-order valence-electron chi connectivity index (χ3n) is 2.67. The molecule has 0 unspecified atom stereocenters. The number of hydrogen-bond donors (Lipinski definition) is 0. The van der Waals surface area contributed by atoms with E-state index in [0.29, 0.717) is 0 Å². The smallest absolute Gasteiger partial charge is 0.122 e. The number of rotatable bonds is 3. The van der Waals surface area contributed by atoms with Gasteiger partial charge in [0.15, 0.2) is 0 Å². The van der Waals surface area contributed by atoms with Crippen molar-refractivity contribution in [3.63, 3.8) is 0 Å². The molecule has 2 rings (SSSR count). The molecule has 0 atom stereocenters. The van der Waals surface area contributed by atoms with Crippen molar-refractivity contribution < 1.29 is 4.74 Å². The van der Waals surface area contributed by atoms with Gasteiger partial charge in [0.1, 0.15) is 5.75 Å². The Labute approximate surface area is 90.7 Å². The Morgan fingerprint density at radius 2 is 1.73 bits per heavy atom. The van der Waals surface area contributed by atoms with Gasteiger partial charge in [0, 0.05) is 0 Å². The Morgan fingerprint density at radius 1 is 1.07 bits per heavy atom. The highest BCUT2D eigenvalue weighted by atomic mass is 16.5. The fourth-order valence-corrected chi connectivity index (χ4v) is 1.92. The zero-order valence-electron chi connectivity index (χ0n) is 9.29. The third kappa shape index (κ3) is 1.96. The molecule has 2 aromatic rings. The van der Waals surface area contributed by atoms with Crippen molar-refractivity contribution in [1.29, 1.82) is 0 Å². The highest BCUT2D eigenvalue weighted by Crippen LogP contribution is 2.26. The van der Waals surface area contributed by atoms with Gasteiger partial charge < -0.3 is 4.74 Å². The molecule has 0 saturated carbocycles. The van der Waals surface area contributed by atoms with Crippen LogP contribution in [0, 0.1) is 0 Å². The predicted octanol–water partition coefficient (Wildman–Crippen LogP) is 3.80. The maximum absolute atomic E-state index is 5.41. The van der Waals surface area contributed by atoms with Crippen LogP contribution in [0.5, 0.6) is 5.75 Å². The van der Waals surface area contributed by atoms with Crippen LogP contribution in [0.25, 0.3) is 10.8 Å². The molecular weight excluding hydrogens is 184 g/mol. The summed E-state index contributed by atoms with van der Waals surface area (Å²) in [6.07, 6.45) is 2.22. The topological polar surface area (TPSA) is 9.23 Å². The van der Waals surface area contributed by atoms with E-state index in [9.17, 15) is 0 Å². The molecule has 0 aliphatic heterocycles. The fourth-order valence-electron chi connectivity index (χ4n) is 1.92. The van der Waals surface area contributed by atoms with Gasteiger partial charge in [-0.1, -0.05) is 37.6 Å². The van der Waals surface area contributed by atoms with E-state index in [4.69, 9.17) is 4.74 Å². The van der Waals surface area contributed by atoms with Crippen molar-refractivity contribution in [2.24, 2.45) is 0 Å². The van der Waals surface area contributed by atoms with Crippen LogP contribution in [0.1, 0.15) is 18.9 Å². The third-order valence-corrected chi connectivity index (χ3v) is 2.67. The SMILES string of the molecule is CCCc1cc2ccccc2cc1OC. The highest BCUT2D eigenvalue weighted by Gasteiger charge is 2.03. The van der Waals surface area contributed by atoms with Gasteiger partial charge in [0.05, 0.1) is 7.11 Å². The lowest BCUT2D eigenvalue weighted by molar-refractivity contribution is 0.410. The molecule has 1 nitrogen and oxygen atoms in total. The minimum Gasteiger partial charge on any atom is -0.496 e. The quantitative estimate of drug-likeness (QED) is 0.732. The second-order valence-electron chi connectivity index (χ2n) is 3.76.